The van der Waals surface area contributed by atoms with Crippen LogP contribution in [0.25, 0.3) is 0 Å². The van der Waals surface area contributed by atoms with Crippen molar-refractivity contribution >= 4 is 11.9 Å². The van der Waals surface area contributed by atoms with Gasteiger partial charge < -0.3 is 9.47 Å². The normalized spacial score (nSPS) is 11.3. The number of esters is 2. The standard InChI is InChI=1S/C48H94O4/c1-3-5-7-9-37-41-45-51-47(49)43-39-35-33-31-29-27-25-23-21-19-17-15-13-11-12-14-16-18-20-22-24-26-28-30-32-34-36-40-44-48(50)52-46-42-38-10-8-6-4-2/h3-46H2,1-2H3. The highest BCUT2D eigenvalue weighted by Crippen LogP contribution is 2.17. The van der Waals surface area contributed by atoms with Crippen LogP contribution in [0.15, 0.2) is 0 Å². The van der Waals surface area contributed by atoms with E-state index in [1.165, 1.54) is 231 Å². The van der Waals surface area contributed by atoms with E-state index in [0.717, 1.165) is 25.7 Å². The van der Waals surface area contributed by atoms with Crippen LogP contribution in [0, 0.1) is 0 Å². The molecule has 0 unspecified atom stereocenters. The summed E-state index contributed by atoms with van der Waals surface area (Å²) in [5, 5.41) is 0. The first kappa shape index (κ1) is 50.9. The molecule has 0 atom stereocenters. The third-order valence-electron chi connectivity index (χ3n) is 11.0. The average molecular weight is 735 g/mol. The molecule has 0 radical (unpaired) electrons. The van der Waals surface area contributed by atoms with Gasteiger partial charge in [-0.15, -0.1) is 0 Å². The maximum absolute atomic E-state index is 11.8. The lowest BCUT2D eigenvalue weighted by molar-refractivity contribution is -0.144. The van der Waals surface area contributed by atoms with Crippen molar-refractivity contribution < 1.29 is 19.1 Å². The van der Waals surface area contributed by atoms with E-state index in [1.54, 1.807) is 0 Å². The minimum Gasteiger partial charge on any atom is -0.466 e. The Kier molecular flexibility index (Phi) is 45.2. The van der Waals surface area contributed by atoms with Gasteiger partial charge in [0.2, 0.25) is 0 Å². The van der Waals surface area contributed by atoms with Gasteiger partial charge in [0.05, 0.1) is 13.2 Å². The first-order valence-corrected chi connectivity index (χ1v) is 24.0. The van der Waals surface area contributed by atoms with Crippen LogP contribution < -0.4 is 0 Å². The smallest absolute Gasteiger partial charge is 0.305 e. The van der Waals surface area contributed by atoms with E-state index in [4.69, 9.17) is 9.47 Å². The fourth-order valence-electron chi connectivity index (χ4n) is 7.42. The molecule has 52 heavy (non-hydrogen) atoms. The van der Waals surface area contributed by atoms with Crippen molar-refractivity contribution in [2.75, 3.05) is 13.2 Å². The van der Waals surface area contributed by atoms with E-state index < -0.39 is 0 Å². The second-order valence-corrected chi connectivity index (χ2v) is 16.4. The van der Waals surface area contributed by atoms with Crippen LogP contribution in [0.2, 0.25) is 0 Å². The SMILES string of the molecule is CCCCCCCCOC(=O)CCCCCCCCCCCCCCCCCCCCCCCCCCCCCCC(=O)OCCCCCCCC. The van der Waals surface area contributed by atoms with Gasteiger partial charge in [-0.05, 0) is 25.7 Å². The lowest BCUT2D eigenvalue weighted by atomic mass is 10.0. The molecule has 0 saturated heterocycles. The molecule has 0 aromatic rings. The van der Waals surface area contributed by atoms with Crippen LogP contribution in [0.5, 0.6) is 0 Å². The maximum Gasteiger partial charge on any atom is 0.305 e. The van der Waals surface area contributed by atoms with Crippen molar-refractivity contribution in [1.82, 2.24) is 0 Å². The van der Waals surface area contributed by atoms with E-state index >= 15 is 0 Å². The molecule has 310 valence electrons. The van der Waals surface area contributed by atoms with E-state index in [-0.39, 0.29) is 11.9 Å². The number of ether oxygens (including phenoxy) is 2. The summed E-state index contributed by atoms with van der Waals surface area (Å²) in [6.07, 6.45) is 54.1. The van der Waals surface area contributed by atoms with E-state index in [0.29, 0.717) is 26.1 Å². The Morgan fingerprint density at radius 1 is 0.250 bits per heavy atom. The molecule has 0 aliphatic rings. The molecule has 0 aliphatic heterocycles. The summed E-state index contributed by atoms with van der Waals surface area (Å²) in [6, 6.07) is 0. The first-order valence-electron chi connectivity index (χ1n) is 24.0. The van der Waals surface area contributed by atoms with Crippen molar-refractivity contribution in [3.8, 4) is 0 Å². The Balaban J connectivity index is 3.14. The number of carbonyl (C=O) groups excluding carboxylic acids is 2. The molecule has 0 bridgehead atoms. The topological polar surface area (TPSA) is 52.6 Å². The minimum absolute atomic E-state index is 0.0162. The fourth-order valence-corrected chi connectivity index (χ4v) is 7.42. The molecule has 0 fully saturated rings. The molecule has 0 aromatic heterocycles. The second kappa shape index (κ2) is 46.1. The molecule has 0 amide bonds. The molecule has 4 nitrogen and oxygen atoms in total. The van der Waals surface area contributed by atoms with Gasteiger partial charge >= 0.3 is 11.9 Å². The number of hydrogen-bond donors (Lipinski definition) is 0. The molecule has 0 saturated carbocycles. The zero-order chi connectivity index (χ0) is 37.7. The molecule has 0 spiro atoms. The van der Waals surface area contributed by atoms with Crippen molar-refractivity contribution in [3.63, 3.8) is 0 Å². The number of rotatable bonds is 45. The zero-order valence-electron chi connectivity index (χ0n) is 35.7. The van der Waals surface area contributed by atoms with Crippen molar-refractivity contribution in [2.45, 2.75) is 284 Å². The molecule has 0 rings (SSSR count). The highest BCUT2D eigenvalue weighted by molar-refractivity contribution is 5.69. The molecule has 0 heterocycles. The molecule has 0 aromatic carbocycles. The van der Waals surface area contributed by atoms with Gasteiger partial charge in [-0.25, -0.2) is 0 Å². The molecular weight excluding hydrogens is 641 g/mol. The van der Waals surface area contributed by atoms with Gasteiger partial charge in [0.25, 0.3) is 0 Å². The van der Waals surface area contributed by atoms with Crippen molar-refractivity contribution in [3.05, 3.63) is 0 Å². The predicted octanol–water partition coefficient (Wildman–Crippen LogP) is 16.5. The van der Waals surface area contributed by atoms with Gasteiger partial charge in [-0.2, -0.15) is 0 Å². The maximum atomic E-state index is 11.8. The van der Waals surface area contributed by atoms with Gasteiger partial charge in [0.1, 0.15) is 0 Å². The van der Waals surface area contributed by atoms with Gasteiger partial charge in [0.15, 0.2) is 0 Å². The lowest BCUT2D eigenvalue weighted by Gasteiger charge is -2.06. The molecule has 0 aliphatic carbocycles. The molecular formula is C48H94O4. The van der Waals surface area contributed by atoms with Gasteiger partial charge in [0, 0.05) is 12.8 Å². The Morgan fingerprint density at radius 3 is 0.635 bits per heavy atom. The highest BCUT2D eigenvalue weighted by atomic mass is 16.5. The van der Waals surface area contributed by atoms with Gasteiger partial charge in [-0.3, -0.25) is 9.59 Å². The van der Waals surface area contributed by atoms with E-state index in [9.17, 15) is 9.59 Å². The average Bonchev–Trinajstić information content (AvgIpc) is 3.14. The Bertz CT molecular complexity index is 634. The summed E-state index contributed by atoms with van der Waals surface area (Å²) in [7, 11) is 0. The van der Waals surface area contributed by atoms with Gasteiger partial charge in [-0.1, -0.05) is 245 Å². The van der Waals surface area contributed by atoms with E-state index in [1.807, 2.05) is 0 Å². The highest BCUT2D eigenvalue weighted by Gasteiger charge is 2.04. The minimum atomic E-state index is 0.0162. The Hall–Kier alpha value is -1.06. The second-order valence-electron chi connectivity index (χ2n) is 16.4. The van der Waals surface area contributed by atoms with Crippen LogP contribution in [0.4, 0.5) is 0 Å². The third kappa shape index (κ3) is 45.1. The zero-order valence-corrected chi connectivity index (χ0v) is 35.7. The Labute approximate surface area is 326 Å². The van der Waals surface area contributed by atoms with Crippen molar-refractivity contribution in [1.29, 1.82) is 0 Å². The number of carbonyl (C=O) groups is 2. The summed E-state index contributed by atoms with van der Waals surface area (Å²) >= 11 is 0. The molecule has 4 heteroatoms. The lowest BCUT2D eigenvalue weighted by Crippen LogP contribution is -2.05. The predicted molar refractivity (Wildman–Crippen MR) is 227 cm³/mol. The third-order valence-corrected chi connectivity index (χ3v) is 11.0. The van der Waals surface area contributed by atoms with Crippen LogP contribution >= 0.6 is 0 Å². The summed E-state index contributed by atoms with van der Waals surface area (Å²) < 4.78 is 10.8. The largest absolute Gasteiger partial charge is 0.466 e. The van der Waals surface area contributed by atoms with E-state index in [2.05, 4.69) is 13.8 Å². The summed E-state index contributed by atoms with van der Waals surface area (Å²) in [5.41, 5.74) is 0. The quantitative estimate of drug-likeness (QED) is 0.0462. The first-order chi connectivity index (χ1) is 25.7. The number of unbranched alkanes of at least 4 members (excludes halogenated alkanes) is 37. The monoisotopic (exact) mass is 735 g/mol. The molecule has 0 N–H and O–H groups in total. The van der Waals surface area contributed by atoms with Crippen LogP contribution in [0.3, 0.4) is 0 Å². The number of hydrogen-bond acceptors (Lipinski definition) is 4. The Morgan fingerprint density at radius 2 is 0.423 bits per heavy atom. The van der Waals surface area contributed by atoms with Crippen LogP contribution in [0.1, 0.15) is 284 Å². The summed E-state index contributed by atoms with van der Waals surface area (Å²) in [6.45, 7) is 5.73. The van der Waals surface area contributed by atoms with Crippen LogP contribution in [-0.2, 0) is 19.1 Å². The fraction of sp³-hybridized carbons (Fsp3) is 0.958. The van der Waals surface area contributed by atoms with Crippen molar-refractivity contribution in [2.24, 2.45) is 0 Å². The van der Waals surface area contributed by atoms with Crippen LogP contribution in [-0.4, -0.2) is 25.2 Å². The summed E-state index contributed by atoms with van der Waals surface area (Å²) in [5.74, 6) is 0.0325. The summed E-state index contributed by atoms with van der Waals surface area (Å²) in [4.78, 5) is 23.7.